The molecule has 9 nitrogen and oxygen atoms in total. The van der Waals surface area contributed by atoms with Crippen LogP contribution in [0.15, 0.2) is 28.6 Å². The third-order valence-electron chi connectivity index (χ3n) is 6.96. The number of aromatic carboxylic acids is 1. The molecular weight excluding hydrogens is 456 g/mol. The molecule has 3 aromatic heterocycles. The number of nitrogens with zero attached hydrogens (tertiary/aromatic N) is 4. The molecule has 4 heterocycles. The lowest BCUT2D eigenvalue weighted by Crippen LogP contribution is -2.51. The van der Waals surface area contributed by atoms with Crippen molar-refractivity contribution >= 4 is 39.9 Å². The number of Topliss-reactive ketones (excluding diaryl/α,β-unsaturated/α-hetero) is 1. The number of aliphatic hydroxyl groups is 1. The fourth-order valence-corrected chi connectivity index (χ4v) is 5.56. The first-order valence-corrected chi connectivity index (χ1v) is 12.4. The van der Waals surface area contributed by atoms with Gasteiger partial charge in [-0.15, -0.1) is 11.3 Å². The quantitative estimate of drug-likeness (QED) is 0.549. The Morgan fingerprint density at radius 3 is 2.59 bits per heavy atom. The van der Waals surface area contributed by atoms with Gasteiger partial charge >= 0.3 is 5.97 Å². The SMILES string of the molecule is Cc1cc(N2CC(C(=O)CC3CCC(O)CC3)C2)nc2c1c(=O)c(C(=O)O)cn2-c1nccs1. The number of aryl methyl sites for hydroxylation is 1. The molecule has 0 atom stereocenters. The highest BCUT2D eigenvalue weighted by Crippen LogP contribution is 2.32. The number of hydrogen-bond acceptors (Lipinski definition) is 8. The van der Waals surface area contributed by atoms with Gasteiger partial charge in [-0.2, -0.15) is 0 Å². The Labute approximate surface area is 199 Å². The first-order chi connectivity index (χ1) is 16.3. The van der Waals surface area contributed by atoms with Gasteiger partial charge in [-0.1, -0.05) is 0 Å². The van der Waals surface area contributed by atoms with Gasteiger partial charge in [0.05, 0.1) is 17.4 Å². The van der Waals surface area contributed by atoms with Crippen molar-refractivity contribution in [2.45, 2.75) is 45.1 Å². The number of carboxylic acid groups (broad SMARTS) is 1. The Balaban J connectivity index is 1.41. The van der Waals surface area contributed by atoms with Crippen molar-refractivity contribution < 1.29 is 19.8 Å². The van der Waals surface area contributed by atoms with Crippen LogP contribution in [0.3, 0.4) is 0 Å². The van der Waals surface area contributed by atoms with Gasteiger partial charge in [-0.05, 0) is 50.2 Å². The van der Waals surface area contributed by atoms with Gasteiger partial charge in [-0.25, -0.2) is 14.8 Å². The molecule has 2 fully saturated rings. The number of thiazole rings is 1. The van der Waals surface area contributed by atoms with Crippen molar-refractivity contribution in [2.24, 2.45) is 11.8 Å². The molecule has 0 bridgehead atoms. The first-order valence-electron chi connectivity index (χ1n) is 11.5. The Morgan fingerprint density at radius 1 is 1.21 bits per heavy atom. The minimum atomic E-state index is -1.29. The molecule has 0 unspecified atom stereocenters. The summed E-state index contributed by atoms with van der Waals surface area (Å²) in [4.78, 5) is 48.4. The van der Waals surface area contributed by atoms with Crippen molar-refractivity contribution in [1.29, 1.82) is 0 Å². The number of hydrogen-bond donors (Lipinski definition) is 2. The molecule has 0 aromatic carbocycles. The Kier molecular flexibility index (Phi) is 5.95. The molecule has 5 rings (SSSR count). The number of fused-ring (bicyclic) bond motifs is 1. The van der Waals surface area contributed by atoms with Crippen LogP contribution in [0.5, 0.6) is 0 Å². The molecule has 0 amide bonds. The predicted octanol–water partition coefficient (Wildman–Crippen LogP) is 2.80. The van der Waals surface area contributed by atoms with E-state index in [1.165, 1.54) is 17.5 Å². The summed E-state index contributed by atoms with van der Waals surface area (Å²) in [6.45, 7) is 2.91. The van der Waals surface area contributed by atoms with Crippen LogP contribution in [0.25, 0.3) is 16.2 Å². The minimum absolute atomic E-state index is 0.0415. The monoisotopic (exact) mass is 482 g/mol. The summed E-state index contributed by atoms with van der Waals surface area (Å²) in [5.41, 5.74) is 0.0933. The van der Waals surface area contributed by atoms with Crippen molar-refractivity contribution in [1.82, 2.24) is 14.5 Å². The molecule has 1 aliphatic carbocycles. The van der Waals surface area contributed by atoms with Crippen LogP contribution in [0, 0.1) is 18.8 Å². The molecule has 2 N–H and O–H groups in total. The van der Waals surface area contributed by atoms with E-state index in [9.17, 15) is 24.6 Å². The summed E-state index contributed by atoms with van der Waals surface area (Å²) in [5, 5.41) is 21.8. The molecule has 0 spiro atoms. The fourth-order valence-electron chi connectivity index (χ4n) is 4.94. The maximum absolute atomic E-state index is 12.9. The lowest BCUT2D eigenvalue weighted by molar-refractivity contribution is -0.125. The lowest BCUT2D eigenvalue weighted by atomic mass is 9.81. The molecule has 34 heavy (non-hydrogen) atoms. The number of rotatable bonds is 6. The molecule has 1 saturated carbocycles. The van der Waals surface area contributed by atoms with Crippen LogP contribution in [0.4, 0.5) is 5.82 Å². The normalized spacial score (nSPS) is 20.9. The Morgan fingerprint density at radius 2 is 1.94 bits per heavy atom. The van der Waals surface area contributed by atoms with Crippen LogP contribution in [-0.4, -0.2) is 55.7 Å². The van der Waals surface area contributed by atoms with Crippen LogP contribution in [0.1, 0.15) is 48.0 Å². The summed E-state index contributed by atoms with van der Waals surface area (Å²) >= 11 is 1.32. The molecule has 10 heteroatoms. The molecule has 2 aliphatic rings. The third kappa shape index (κ3) is 4.12. The summed E-state index contributed by atoms with van der Waals surface area (Å²) < 4.78 is 1.56. The van der Waals surface area contributed by atoms with E-state index in [1.807, 2.05) is 4.90 Å². The Hall–Kier alpha value is -3.11. The number of aliphatic hydroxyl groups excluding tert-OH is 1. The highest BCUT2D eigenvalue weighted by Gasteiger charge is 2.35. The van der Waals surface area contributed by atoms with Crippen LogP contribution < -0.4 is 10.3 Å². The zero-order chi connectivity index (χ0) is 24.0. The number of ketones is 1. The van der Waals surface area contributed by atoms with Gasteiger partial charge in [-0.3, -0.25) is 14.2 Å². The smallest absolute Gasteiger partial charge is 0.341 e. The highest BCUT2D eigenvalue weighted by molar-refractivity contribution is 7.12. The van der Waals surface area contributed by atoms with Crippen LogP contribution in [0.2, 0.25) is 0 Å². The Bertz CT molecular complexity index is 1310. The van der Waals surface area contributed by atoms with Crippen molar-refractivity contribution in [3.8, 4) is 5.13 Å². The maximum Gasteiger partial charge on any atom is 0.341 e. The van der Waals surface area contributed by atoms with E-state index in [-0.39, 0.29) is 28.8 Å². The maximum atomic E-state index is 12.9. The van der Waals surface area contributed by atoms with Gasteiger partial charge in [0.25, 0.3) is 0 Å². The molecular formula is C24H26N4O5S. The van der Waals surface area contributed by atoms with Gasteiger partial charge in [0.2, 0.25) is 5.43 Å². The average Bonchev–Trinajstić information content (AvgIpc) is 3.29. The molecule has 0 radical (unpaired) electrons. The number of pyridine rings is 2. The van der Waals surface area contributed by atoms with Gasteiger partial charge in [0, 0.05) is 37.3 Å². The van der Waals surface area contributed by atoms with E-state index in [2.05, 4.69) is 4.98 Å². The predicted molar refractivity (Wildman–Crippen MR) is 128 cm³/mol. The van der Waals surface area contributed by atoms with Crippen LogP contribution in [-0.2, 0) is 4.79 Å². The standard InChI is InChI=1S/C24H26N4O5S/c1-13-8-19(27-10-15(11-27)18(30)9-14-2-4-16(29)5-3-14)26-22-20(13)21(31)17(23(32)33)12-28(22)24-25-6-7-34-24/h6-8,12,14-16,29H,2-5,9-11H2,1H3,(H,32,33). The first kappa shape index (κ1) is 22.7. The number of anilines is 1. The van der Waals surface area contributed by atoms with E-state index in [0.29, 0.717) is 47.6 Å². The molecule has 1 saturated heterocycles. The van der Waals surface area contributed by atoms with Crippen molar-refractivity contribution in [2.75, 3.05) is 18.0 Å². The fraction of sp³-hybridized carbons (Fsp3) is 0.458. The molecule has 1 aliphatic heterocycles. The van der Waals surface area contributed by atoms with E-state index < -0.39 is 11.4 Å². The van der Waals surface area contributed by atoms with E-state index in [0.717, 1.165) is 25.7 Å². The number of aromatic nitrogens is 3. The summed E-state index contributed by atoms with van der Waals surface area (Å²) in [6.07, 6.45) is 6.60. The summed E-state index contributed by atoms with van der Waals surface area (Å²) in [5.74, 6) is -0.0526. The van der Waals surface area contributed by atoms with Crippen molar-refractivity contribution in [3.63, 3.8) is 0 Å². The zero-order valence-electron chi connectivity index (χ0n) is 18.8. The van der Waals surface area contributed by atoms with Crippen LogP contribution >= 0.6 is 11.3 Å². The molecule has 178 valence electrons. The summed E-state index contributed by atoms with van der Waals surface area (Å²) in [6, 6.07) is 1.78. The third-order valence-corrected chi connectivity index (χ3v) is 7.74. The second-order valence-corrected chi connectivity index (χ2v) is 10.2. The lowest BCUT2D eigenvalue weighted by Gasteiger charge is -2.40. The van der Waals surface area contributed by atoms with E-state index in [1.54, 1.807) is 29.1 Å². The number of carbonyl (C=O) groups is 2. The summed E-state index contributed by atoms with van der Waals surface area (Å²) in [7, 11) is 0. The molecule has 3 aromatic rings. The topological polar surface area (TPSA) is 126 Å². The van der Waals surface area contributed by atoms with Crippen molar-refractivity contribution in [3.05, 3.63) is 45.2 Å². The van der Waals surface area contributed by atoms with Gasteiger partial charge < -0.3 is 15.1 Å². The number of carbonyl (C=O) groups excluding carboxylic acids is 1. The largest absolute Gasteiger partial charge is 0.477 e. The number of carboxylic acids is 1. The van der Waals surface area contributed by atoms with E-state index in [4.69, 9.17) is 4.98 Å². The second kappa shape index (κ2) is 8.92. The zero-order valence-corrected chi connectivity index (χ0v) is 19.6. The van der Waals surface area contributed by atoms with E-state index >= 15 is 0 Å². The highest BCUT2D eigenvalue weighted by atomic mass is 32.1. The minimum Gasteiger partial charge on any atom is -0.477 e. The van der Waals surface area contributed by atoms with Gasteiger partial charge in [0.15, 0.2) is 10.8 Å². The van der Waals surface area contributed by atoms with Gasteiger partial charge in [0.1, 0.15) is 17.2 Å². The second-order valence-electron chi connectivity index (χ2n) is 9.30. The average molecular weight is 483 g/mol.